The van der Waals surface area contributed by atoms with E-state index in [0.29, 0.717) is 25.9 Å². The highest BCUT2D eigenvalue weighted by Gasteiger charge is 2.52. The van der Waals surface area contributed by atoms with Gasteiger partial charge in [0, 0.05) is 32.0 Å². The Labute approximate surface area is 305 Å². The van der Waals surface area contributed by atoms with Crippen LogP contribution >= 0.6 is 0 Å². The monoisotopic (exact) mass is 697 g/mol. The molecule has 0 aromatic heterocycles. The van der Waals surface area contributed by atoms with E-state index in [0.717, 1.165) is 34.2 Å². The Balaban J connectivity index is 1.03. The first-order valence-corrected chi connectivity index (χ1v) is 18.4. The summed E-state index contributed by atoms with van der Waals surface area (Å²) in [6.07, 6.45) is 4.14. The smallest absolute Gasteiger partial charge is 0.227 e. The molecule has 0 heterocycles. The number of nitrogens with one attached hydrogen (secondary N) is 2. The lowest BCUT2D eigenvalue weighted by Crippen LogP contribution is -2.47. The number of fused-ring (bicyclic) bond motifs is 3. The second-order valence-corrected chi connectivity index (χ2v) is 14.6. The maximum Gasteiger partial charge on any atom is 0.227 e. The Hall–Kier alpha value is -5.05. The van der Waals surface area contributed by atoms with Crippen molar-refractivity contribution in [1.29, 1.82) is 0 Å². The normalized spacial score (nSPS) is 23.8. The summed E-state index contributed by atoms with van der Waals surface area (Å²) in [6, 6.07) is 36.7. The second kappa shape index (κ2) is 16.1. The van der Waals surface area contributed by atoms with Crippen molar-refractivity contribution in [3.05, 3.63) is 155 Å². The lowest BCUT2D eigenvalue weighted by atomic mass is 9.81. The van der Waals surface area contributed by atoms with Gasteiger partial charge in [-0.2, -0.15) is 0 Å². The molecule has 0 spiro atoms. The Morgan fingerprint density at radius 1 is 0.731 bits per heavy atom. The molecule has 8 atom stereocenters. The molecule has 0 radical (unpaired) electrons. The molecule has 4 N–H and O–H groups in total. The Bertz CT molecular complexity index is 1830. The molecule has 268 valence electrons. The van der Waals surface area contributed by atoms with Crippen molar-refractivity contribution in [3.8, 4) is 0 Å². The average Bonchev–Trinajstić information content (AvgIpc) is 3.88. The maximum atomic E-state index is 14.4. The van der Waals surface area contributed by atoms with Gasteiger partial charge in [0.25, 0.3) is 0 Å². The number of carbonyl (C=O) groups excluding carboxylic acids is 3. The van der Waals surface area contributed by atoms with Gasteiger partial charge in [-0.3, -0.25) is 14.4 Å². The number of rotatable bonds is 14. The summed E-state index contributed by atoms with van der Waals surface area (Å²) >= 11 is 0. The molecular formula is C44H47N3O5. The van der Waals surface area contributed by atoms with Gasteiger partial charge in [-0.05, 0) is 58.9 Å². The molecule has 52 heavy (non-hydrogen) atoms. The third kappa shape index (κ3) is 8.04. The number of carbonyl (C=O) groups is 3. The fourth-order valence-electron chi connectivity index (χ4n) is 8.50. The molecule has 8 heteroatoms. The summed E-state index contributed by atoms with van der Waals surface area (Å²) in [4.78, 5) is 44.1. The highest BCUT2D eigenvalue weighted by molar-refractivity contribution is 5.90. The lowest BCUT2D eigenvalue weighted by Gasteiger charge is -2.32. The maximum absolute atomic E-state index is 14.4. The number of aliphatic hydroxyl groups is 2. The minimum Gasteiger partial charge on any atom is -0.391 e. The van der Waals surface area contributed by atoms with Crippen LogP contribution in [0.3, 0.4) is 0 Å². The molecule has 2 unspecified atom stereocenters. The van der Waals surface area contributed by atoms with Crippen LogP contribution in [-0.4, -0.2) is 51.6 Å². The van der Waals surface area contributed by atoms with E-state index >= 15 is 0 Å². The molecule has 1 fully saturated rings. The molecule has 3 amide bonds. The topological polar surface area (TPSA) is 119 Å². The van der Waals surface area contributed by atoms with Crippen LogP contribution < -0.4 is 10.6 Å². The van der Waals surface area contributed by atoms with Gasteiger partial charge in [0.1, 0.15) is 0 Å². The predicted molar refractivity (Wildman–Crippen MR) is 199 cm³/mol. The van der Waals surface area contributed by atoms with E-state index in [1.54, 1.807) is 0 Å². The number of allylic oxidation sites excluding steroid dienone is 2. The number of aliphatic hydroxyl groups excluding tert-OH is 2. The van der Waals surface area contributed by atoms with E-state index in [-0.39, 0.29) is 42.5 Å². The van der Waals surface area contributed by atoms with Crippen LogP contribution in [0.2, 0.25) is 0 Å². The van der Waals surface area contributed by atoms with Crippen molar-refractivity contribution in [2.24, 2.45) is 29.6 Å². The van der Waals surface area contributed by atoms with Crippen LogP contribution in [0.25, 0.3) is 0 Å². The van der Waals surface area contributed by atoms with Crippen molar-refractivity contribution in [2.75, 3.05) is 6.54 Å². The van der Waals surface area contributed by atoms with Gasteiger partial charge < -0.3 is 25.7 Å². The molecule has 3 aliphatic rings. The van der Waals surface area contributed by atoms with Crippen LogP contribution in [0.1, 0.15) is 46.7 Å². The van der Waals surface area contributed by atoms with Gasteiger partial charge in [0.05, 0.1) is 30.1 Å². The van der Waals surface area contributed by atoms with E-state index in [9.17, 15) is 24.6 Å². The quantitative estimate of drug-likeness (QED) is 0.136. The zero-order valence-electron chi connectivity index (χ0n) is 29.3. The van der Waals surface area contributed by atoms with E-state index in [2.05, 4.69) is 22.8 Å². The Kier molecular flexibility index (Phi) is 10.9. The van der Waals surface area contributed by atoms with E-state index < -0.39 is 36.0 Å². The molecule has 4 aromatic carbocycles. The molecular weight excluding hydrogens is 650 g/mol. The van der Waals surface area contributed by atoms with Crippen LogP contribution in [0, 0.1) is 29.6 Å². The largest absolute Gasteiger partial charge is 0.391 e. The van der Waals surface area contributed by atoms with Gasteiger partial charge in [0.2, 0.25) is 17.7 Å². The molecule has 3 aliphatic carbocycles. The van der Waals surface area contributed by atoms with Gasteiger partial charge in [-0.25, -0.2) is 0 Å². The Morgan fingerprint density at radius 3 is 1.92 bits per heavy atom. The zero-order valence-corrected chi connectivity index (χ0v) is 29.3. The first kappa shape index (κ1) is 35.4. The number of benzene rings is 4. The van der Waals surface area contributed by atoms with Crippen LogP contribution in [0.5, 0.6) is 0 Å². The fourth-order valence-corrected chi connectivity index (χ4v) is 8.50. The average molecular weight is 698 g/mol. The molecule has 2 bridgehead atoms. The number of nitrogens with zero attached hydrogens (tertiary/aromatic N) is 1. The van der Waals surface area contributed by atoms with E-state index in [1.165, 1.54) is 0 Å². The van der Waals surface area contributed by atoms with Crippen LogP contribution in [0.15, 0.2) is 127 Å². The fraction of sp³-hybridized carbons (Fsp3) is 0.341. The van der Waals surface area contributed by atoms with E-state index in [4.69, 9.17) is 0 Å². The number of hydrogen-bond donors (Lipinski definition) is 4. The molecule has 7 rings (SSSR count). The summed E-state index contributed by atoms with van der Waals surface area (Å²) in [5, 5.41) is 28.1. The SMILES string of the molecule is O=C(N[C@H]1c2ccccc2C[C@H]1O)[C@H](Cc1ccccc1)C[C@H](O)CNC(=O)[C@@H]1C2C=CC(C2)[C@H]1C(=O)N(Cc1ccccc1)Cc1ccccc1. The third-order valence-electron chi connectivity index (χ3n) is 11.1. The summed E-state index contributed by atoms with van der Waals surface area (Å²) in [6.45, 7) is 0.837. The molecule has 4 aromatic rings. The van der Waals surface area contributed by atoms with Crippen molar-refractivity contribution in [3.63, 3.8) is 0 Å². The highest BCUT2D eigenvalue weighted by Crippen LogP contribution is 2.49. The first-order valence-electron chi connectivity index (χ1n) is 18.4. The summed E-state index contributed by atoms with van der Waals surface area (Å²) in [7, 11) is 0. The van der Waals surface area contributed by atoms with Crippen molar-refractivity contribution in [2.45, 2.75) is 57.0 Å². The van der Waals surface area contributed by atoms with Crippen molar-refractivity contribution in [1.82, 2.24) is 15.5 Å². The predicted octanol–water partition coefficient (Wildman–Crippen LogP) is 5.15. The zero-order chi connectivity index (χ0) is 36.0. The number of amides is 3. The van der Waals surface area contributed by atoms with E-state index in [1.807, 2.05) is 120 Å². The standard InChI is InChI=1S/C44H47N3O5/c48-36(24-35(22-29-12-4-1-5-13-29)42(50)46-41-37-19-11-10-18-32(37)25-38(41)49)26-45-43(51)39-33-20-21-34(23-33)40(39)44(52)47(27-30-14-6-2-7-15-30)28-31-16-8-3-9-17-31/h1-21,33-36,38-41,48-49H,22-28H2,(H,45,51)(H,46,50)/t33?,34?,35-,36+,38-,39-,40-,41+/m1/s1. The van der Waals surface area contributed by atoms with Crippen molar-refractivity contribution < 1.29 is 24.6 Å². The minimum atomic E-state index is -1.000. The molecule has 1 saturated carbocycles. The van der Waals surface area contributed by atoms with Gasteiger partial charge in [-0.1, -0.05) is 127 Å². The Morgan fingerprint density at radius 2 is 1.29 bits per heavy atom. The third-order valence-corrected chi connectivity index (χ3v) is 11.1. The van der Waals surface area contributed by atoms with Crippen molar-refractivity contribution >= 4 is 17.7 Å². The highest BCUT2D eigenvalue weighted by atomic mass is 16.3. The van der Waals surface area contributed by atoms with Crippen LogP contribution in [-0.2, 0) is 40.3 Å². The first-order chi connectivity index (χ1) is 25.3. The van der Waals surface area contributed by atoms with Gasteiger partial charge in [0.15, 0.2) is 0 Å². The second-order valence-electron chi connectivity index (χ2n) is 14.6. The summed E-state index contributed by atoms with van der Waals surface area (Å²) < 4.78 is 0. The van der Waals surface area contributed by atoms with Gasteiger partial charge in [-0.15, -0.1) is 0 Å². The lowest BCUT2D eigenvalue weighted by molar-refractivity contribution is -0.143. The molecule has 0 saturated heterocycles. The molecule has 8 nitrogen and oxygen atoms in total. The molecule has 0 aliphatic heterocycles. The van der Waals surface area contributed by atoms with Gasteiger partial charge >= 0.3 is 0 Å². The number of hydrogen-bond acceptors (Lipinski definition) is 5. The minimum absolute atomic E-state index is 0.0257. The van der Waals surface area contributed by atoms with Crippen LogP contribution in [0.4, 0.5) is 0 Å². The summed E-state index contributed by atoms with van der Waals surface area (Å²) in [5.74, 6) is -2.27. The summed E-state index contributed by atoms with van der Waals surface area (Å²) in [5.41, 5.74) is 4.92.